The van der Waals surface area contributed by atoms with E-state index in [1.165, 1.54) is 0 Å². The number of esters is 1. The van der Waals surface area contributed by atoms with E-state index in [0.717, 1.165) is 16.7 Å². The van der Waals surface area contributed by atoms with Crippen LogP contribution in [0.1, 0.15) is 57.7 Å². The maximum absolute atomic E-state index is 13.9. The third kappa shape index (κ3) is 7.60. The number of rotatable bonds is 8. The Balaban J connectivity index is 1.89. The van der Waals surface area contributed by atoms with Crippen molar-refractivity contribution in [1.29, 1.82) is 0 Å². The van der Waals surface area contributed by atoms with Gasteiger partial charge in [0.15, 0.2) is 0 Å². The number of thiol groups is 1. The van der Waals surface area contributed by atoms with Crippen molar-refractivity contribution in [3.63, 3.8) is 0 Å². The molecular weight excluding hydrogens is 472 g/mol. The molecule has 0 bridgehead atoms. The van der Waals surface area contributed by atoms with E-state index in [1.54, 1.807) is 4.90 Å². The molecule has 2 aromatic rings. The van der Waals surface area contributed by atoms with Gasteiger partial charge in [-0.15, -0.1) is 0 Å². The van der Waals surface area contributed by atoms with Gasteiger partial charge in [-0.05, 0) is 56.2 Å². The molecule has 194 valence electrons. The molecule has 1 aliphatic rings. The highest BCUT2D eigenvalue weighted by molar-refractivity contribution is 7.81. The average molecular weight is 511 g/mol. The Morgan fingerprint density at radius 3 is 2.28 bits per heavy atom. The summed E-state index contributed by atoms with van der Waals surface area (Å²) in [6.07, 6.45) is 1.27. The van der Waals surface area contributed by atoms with Crippen molar-refractivity contribution in [2.24, 2.45) is 5.92 Å². The van der Waals surface area contributed by atoms with Crippen molar-refractivity contribution in [3.05, 3.63) is 71.3 Å². The molecule has 3 unspecified atom stereocenters. The summed E-state index contributed by atoms with van der Waals surface area (Å²) >= 11 is 4.52. The number of fused-ring (bicyclic) bond motifs is 1. The summed E-state index contributed by atoms with van der Waals surface area (Å²) in [6.45, 7) is 9.77. The zero-order chi connectivity index (χ0) is 26.5. The lowest BCUT2D eigenvalue weighted by molar-refractivity contribution is -0.166. The molecule has 1 N–H and O–H groups in total. The molecule has 0 aromatic heterocycles. The van der Waals surface area contributed by atoms with Gasteiger partial charge in [-0.25, -0.2) is 4.79 Å². The molecule has 6 nitrogen and oxygen atoms in total. The molecule has 0 radical (unpaired) electrons. The van der Waals surface area contributed by atoms with Crippen molar-refractivity contribution >= 4 is 30.4 Å². The molecule has 0 saturated heterocycles. The van der Waals surface area contributed by atoms with Gasteiger partial charge >= 0.3 is 5.97 Å². The van der Waals surface area contributed by atoms with Crippen molar-refractivity contribution in [1.82, 2.24) is 10.2 Å². The summed E-state index contributed by atoms with van der Waals surface area (Å²) in [6, 6.07) is 15.9. The van der Waals surface area contributed by atoms with E-state index in [0.29, 0.717) is 19.3 Å². The van der Waals surface area contributed by atoms with Gasteiger partial charge in [-0.2, -0.15) is 12.6 Å². The standard InChI is InChI=1S/C29H38N2O4S/c1-19(2)15-24(28(34)35-29(3,4)5)31-18-22-14-10-9-13-21(22)17-23(27(31)33)30-26(32)25(36)16-20-11-7-6-8-12-20/h6-14,19,23-25,36H,15-18H2,1-5H3,(H,30,32). The Morgan fingerprint density at radius 1 is 1.06 bits per heavy atom. The van der Waals surface area contributed by atoms with E-state index in [1.807, 2.05) is 89.2 Å². The minimum absolute atomic E-state index is 0.162. The Kier molecular flexibility index (Phi) is 9.23. The number of hydrogen-bond acceptors (Lipinski definition) is 5. The number of carbonyl (C=O) groups is 3. The molecule has 3 rings (SSSR count). The first-order valence-corrected chi connectivity index (χ1v) is 13.1. The lowest BCUT2D eigenvalue weighted by Crippen LogP contribution is -2.55. The van der Waals surface area contributed by atoms with Crippen LogP contribution >= 0.6 is 12.6 Å². The first-order chi connectivity index (χ1) is 16.9. The summed E-state index contributed by atoms with van der Waals surface area (Å²) in [7, 11) is 0. The summed E-state index contributed by atoms with van der Waals surface area (Å²) in [4.78, 5) is 41.9. The second-order valence-corrected chi connectivity index (χ2v) is 11.5. The van der Waals surface area contributed by atoms with Crippen LogP contribution in [-0.4, -0.2) is 45.6 Å². The smallest absolute Gasteiger partial charge is 0.329 e. The van der Waals surface area contributed by atoms with Crippen LogP contribution in [0.3, 0.4) is 0 Å². The fourth-order valence-corrected chi connectivity index (χ4v) is 4.71. The number of nitrogens with zero attached hydrogens (tertiary/aromatic N) is 1. The lowest BCUT2D eigenvalue weighted by atomic mass is 10.0. The molecule has 2 amide bonds. The molecule has 36 heavy (non-hydrogen) atoms. The zero-order valence-corrected chi connectivity index (χ0v) is 22.8. The molecule has 2 aromatic carbocycles. The number of ether oxygens (including phenoxy) is 1. The molecule has 7 heteroatoms. The van der Waals surface area contributed by atoms with Crippen LogP contribution in [0.5, 0.6) is 0 Å². The lowest BCUT2D eigenvalue weighted by Gasteiger charge is -2.34. The Bertz CT molecular complexity index is 1060. The first-order valence-electron chi connectivity index (χ1n) is 12.6. The van der Waals surface area contributed by atoms with Crippen molar-refractivity contribution < 1.29 is 19.1 Å². The Morgan fingerprint density at radius 2 is 1.67 bits per heavy atom. The molecule has 1 aliphatic heterocycles. The summed E-state index contributed by atoms with van der Waals surface area (Å²) in [5, 5.41) is 2.33. The highest BCUT2D eigenvalue weighted by Crippen LogP contribution is 2.26. The van der Waals surface area contributed by atoms with Crippen LogP contribution < -0.4 is 5.32 Å². The van der Waals surface area contributed by atoms with Crippen molar-refractivity contribution in [2.45, 2.75) is 83.4 Å². The van der Waals surface area contributed by atoms with Gasteiger partial charge in [0.1, 0.15) is 17.7 Å². The zero-order valence-electron chi connectivity index (χ0n) is 21.9. The van der Waals surface area contributed by atoms with Crippen molar-refractivity contribution in [3.8, 4) is 0 Å². The van der Waals surface area contributed by atoms with Gasteiger partial charge < -0.3 is 15.0 Å². The van der Waals surface area contributed by atoms with Crippen molar-refractivity contribution in [2.75, 3.05) is 0 Å². The molecule has 1 heterocycles. The van der Waals surface area contributed by atoms with Gasteiger partial charge in [0.25, 0.3) is 0 Å². The molecular formula is C29H38N2O4S. The van der Waals surface area contributed by atoms with E-state index in [4.69, 9.17) is 4.74 Å². The summed E-state index contributed by atoms with van der Waals surface area (Å²) in [5.74, 6) is -0.853. The van der Waals surface area contributed by atoms with Gasteiger partial charge in [-0.1, -0.05) is 68.4 Å². The summed E-state index contributed by atoms with van der Waals surface area (Å²) in [5.41, 5.74) is 2.26. The highest BCUT2D eigenvalue weighted by atomic mass is 32.1. The predicted molar refractivity (Wildman–Crippen MR) is 145 cm³/mol. The van der Waals surface area contributed by atoms with Crippen LogP contribution in [0.15, 0.2) is 54.6 Å². The number of hydrogen-bond donors (Lipinski definition) is 2. The fraction of sp³-hybridized carbons (Fsp3) is 0.483. The number of benzene rings is 2. The maximum atomic E-state index is 13.9. The van der Waals surface area contributed by atoms with Gasteiger partial charge in [0.2, 0.25) is 11.8 Å². The first kappa shape index (κ1) is 27.8. The van der Waals surface area contributed by atoms with E-state index in [9.17, 15) is 14.4 Å². The number of carbonyl (C=O) groups excluding carboxylic acids is 3. The van der Waals surface area contributed by atoms with Crippen LogP contribution in [0.25, 0.3) is 0 Å². The monoisotopic (exact) mass is 510 g/mol. The van der Waals surface area contributed by atoms with E-state index in [2.05, 4.69) is 17.9 Å². The molecule has 0 fully saturated rings. The Labute approximate surface area is 220 Å². The van der Waals surface area contributed by atoms with Gasteiger partial charge in [0, 0.05) is 13.0 Å². The highest BCUT2D eigenvalue weighted by Gasteiger charge is 2.39. The van der Waals surface area contributed by atoms with E-state index < -0.39 is 28.9 Å². The topological polar surface area (TPSA) is 75.7 Å². The normalized spacial score (nSPS) is 17.7. The molecule has 0 saturated carbocycles. The quantitative estimate of drug-likeness (QED) is 0.409. The third-order valence-electron chi connectivity index (χ3n) is 6.11. The SMILES string of the molecule is CC(C)CC(C(=O)OC(C)(C)C)N1Cc2ccccc2CC(NC(=O)C(S)Cc2ccccc2)C1=O. The average Bonchev–Trinajstić information content (AvgIpc) is 2.93. The summed E-state index contributed by atoms with van der Waals surface area (Å²) < 4.78 is 5.72. The maximum Gasteiger partial charge on any atom is 0.329 e. The second-order valence-electron chi connectivity index (χ2n) is 10.9. The van der Waals surface area contributed by atoms with Gasteiger partial charge in [-0.3, -0.25) is 9.59 Å². The van der Waals surface area contributed by atoms with Crippen LogP contribution in [0.4, 0.5) is 0 Å². The molecule has 3 atom stereocenters. The number of amides is 2. The van der Waals surface area contributed by atoms with Crippen LogP contribution in [0.2, 0.25) is 0 Å². The van der Waals surface area contributed by atoms with E-state index >= 15 is 0 Å². The second kappa shape index (κ2) is 12.0. The fourth-order valence-electron chi connectivity index (χ4n) is 4.42. The largest absolute Gasteiger partial charge is 0.458 e. The number of nitrogens with one attached hydrogen (secondary N) is 1. The Hall–Kier alpha value is -2.80. The van der Waals surface area contributed by atoms with Crippen LogP contribution in [0, 0.1) is 5.92 Å². The minimum atomic E-state index is -0.802. The van der Waals surface area contributed by atoms with E-state index in [-0.39, 0.29) is 24.3 Å². The molecule has 0 aliphatic carbocycles. The third-order valence-corrected chi connectivity index (χ3v) is 6.52. The van der Waals surface area contributed by atoms with Gasteiger partial charge in [0.05, 0.1) is 5.25 Å². The predicted octanol–water partition coefficient (Wildman–Crippen LogP) is 4.35. The van der Waals surface area contributed by atoms with Crippen LogP contribution in [-0.2, 0) is 38.5 Å². The molecule has 0 spiro atoms. The minimum Gasteiger partial charge on any atom is -0.458 e.